The smallest absolute Gasteiger partial charge is 0.0419 e. The summed E-state index contributed by atoms with van der Waals surface area (Å²) in [5.74, 6) is 0.565. The number of nitrogens with one attached hydrogen (secondary N) is 1. The van der Waals surface area contributed by atoms with E-state index in [-0.39, 0.29) is 0 Å². The van der Waals surface area contributed by atoms with Crippen LogP contribution >= 0.6 is 0 Å². The number of fused-ring (bicyclic) bond motifs is 1. The summed E-state index contributed by atoms with van der Waals surface area (Å²) in [6, 6.07) is 13.0. The summed E-state index contributed by atoms with van der Waals surface area (Å²) in [7, 11) is 0. The van der Waals surface area contributed by atoms with Crippen molar-refractivity contribution in [2.24, 2.45) is 0 Å². The van der Waals surface area contributed by atoms with Gasteiger partial charge in [-0.15, -0.1) is 0 Å². The summed E-state index contributed by atoms with van der Waals surface area (Å²) >= 11 is 0. The number of aromatic nitrogens is 1. The summed E-state index contributed by atoms with van der Waals surface area (Å²) in [4.78, 5) is 3.33. The highest BCUT2D eigenvalue weighted by atomic mass is 14.7. The third-order valence-electron chi connectivity index (χ3n) is 3.54. The number of allylic oxidation sites excluding steroid dienone is 1. The summed E-state index contributed by atoms with van der Waals surface area (Å²) in [5.41, 5.74) is 5.58. The molecule has 1 heteroatoms. The normalized spacial score (nSPS) is 17.9. The molecule has 1 aromatic carbocycles. The lowest BCUT2D eigenvalue weighted by molar-refractivity contribution is 0.735. The molecule has 1 aliphatic carbocycles. The van der Waals surface area contributed by atoms with E-state index in [1.54, 1.807) is 0 Å². The molecule has 1 nitrogen and oxygen atoms in total. The summed E-state index contributed by atoms with van der Waals surface area (Å²) in [6.45, 7) is 2.26. The van der Waals surface area contributed by atoms with Gasteiger partial charge in [-0.05, 0) is 41.3 Å². The number of benzene rings is 1. The van der Waals surface area contributed by atoms with Gasteiger partial charge in [0.2, 0.25) is 0 Å². The molecule has 0 fully saturated rings. The summed E-state index contributed by atoms with van der Waals surface area (Å²) in [5, 5.41) is 0. The average molecular weight is 223 g/mol. The van der Waals surface area contributed by atoms with Crippen molar-refractivity contribution >= 4 is 11.6 Å². The second-order valence-electron chi connectivity index (χ2n) is 4.65. The Morgan fingerprint density at radius 3 is 2.76 bits per heavy atom. The molecule has 0 radical (unpaired) electrons. The maximum atomic E-state index is 3.33. The standard InChI is InChI=1S/C16H17N/c1-2-6-14-13-8-4-3-7-12(13)11-15(14)16-9-5-10-17-16/h3-5,7-11,14,17H,2,6H2,1H3. The number of rotatable bonds is 3. The second kappa shape index (κ2) is 4.25. The lowest BCUT2D eigenvalue weighted by Crippen LogP contribution is -1.98. The minimum Gasteiger partial charge on any atom is -0.361 e. The molecule has 17 heavy (non-hydrogen) atoms. The highest BCUT2D eigenvalue weighted by molar-refractivity contribution is 5.90. The fraction of sp³-hybridized carbons (Fsp3) is 0.250. The Morgan fingerprint density at radius 1 is 1.12 bits per heavy atom. The Hall–Kier alpha value is -1.76. The monoisotopic (exact) mass is 223 g/mol. The molecule has 2 aromatic rings. The third kappa shape index (κ3) is 1.72. The third-order valence-corrected chi connectivity index (χ3v) is 3.54. The van der Waals surface area contributed by atoms with Crippen LogP contribution in [-0.2, 0) is 0 Å². The first-order chi connectivity index (χ1) is 8.40. The molecule has 3 rings (SSSR count). The molecule has 0 saturated carbocycles. The van der Waals surface area contributed by atoms with Crippen LogP contribution in [0.15, 0.2) is 42.6 Å². The lowest BCUT2D eigenvalue weighted by Gasteiger charge is -2.15. The van der Waals surface area contributed by atoms with Crippen LogP contribution in [0.25, 0.3) is 11.6 Å². The maximum absolute atomic E-state index is 3.33. The Balaban J connectivity index is 2.06. The van der Waals surface area contributed by atoms with Crippen molar-refractivity contribution in [2.75, 3.05) is 0 Å². The highest BCUT2D eigenvalue weighted by Crippen LogP contribution is 2.43. The molecule has 1 atom stereocenters. The topological polar surface area (TPSA) is 15.8 Å². The fourth-order valence-corrected chi connectivity index (χ4v) is 2.77. The van der Waals surface area contributed by atoms with Crippen molar-refractivity contribution in [1.29, 1.82) is 0 Å². The Labute approximate surface area is 102 Å². The Kier molecular flexibility index (Phi) is 2.60. The molecule has 0 spiro atoms. The molecular formula is C16H17N. The van der Waals surface area contributed by atoms with Gasteiger partial charge in [0.15, 0.2) is 0 Å². The van der Waals surface area contributed by atoms with Gasteiger partial charge < -0.3 is 4.98 Å². The van der Waals surface area contributed by atoms with E-state index in [1.165, 1.54) is 35.2 Å². The number of aromatic amines is 1. The zero-order valence-corrected chi connectivity index (χ0v) is 10.1. The minimum atomic E-state index is 0.565. The van der Waals surface area contributed by atoms with Gasteiger partial charge in [-0.25, -0.2) is 0 Å². The van der Waals surface area contributed by atoms with Crippen molar-refractivity contribution < 1.29 is 0 Å². The highest BCUT2D eigenvalue weighted by Gasteiger charge is 2.25. The molecule has 0 saturated heterocycles. The quantitative estimate of drug-likeness (QED) is 0.791. The summed E-state index contributed by atoms with van der Waals surface area (Å²) < 4.78 is 0. The van der Waals surface area contributed by atoms with E-state index >= 15 is 0 Å². The first-order valence-electron chi connectivity index (χ1n) is 6.34. The molecule has 1 aromatic heterocycles. The van der Waals surface area contributed by atoms with E-state index in [1.807, 2.05) is 6.20 Å². The van der Waals surface area contributed by atoms with Crippen LogP contribution in [0.4, 0.5) is 0 Å². The molecule has 0 bridgehead atoms. The van der Waals surface area contributed by atoms with E-state index in [0.29, 0.717) is 5.92 Å². The van der Waals surface area contributed by atoms with Crippen LogP contribution in [0.2, 0.25) is 0 Å². The van der Waals surface area contributed by atoms with Gasteiger partial charge in [0, 0.05) is 17.8 Å². The van der Waals surface area contributed by atoms with Crippen molar-refractivity contribution in [3.8, 4) is 0 Å². The Bertz CT molecular complexity index is 534. The van der Waals surface area contributed by atoms with Gasteiger partial charge in [-0.3, -0.25) is 0 Å². The van der Waals surface area contributed by atoms with Crippen molar-refractivity contribution in [3.63, 3.8) is 0 Å². The van der Waals surface area contributed by atoms with Gasteiger partial charge in [-0.1, -0.05) is 37.6 Å². The number of hydrogen-bond acceptors (Lipinski definition) is 0. The molecule has 0 aliphatic heterocycles. The molecule has 1 aliphatic rings. The van der Waals surface area contributed by atoms with Gasteiger partial charge in [0.1, 0.15) is 0 Å². The van der Waals surface area contributed by atoms with E-state index in [9.17, 15) is 0 Å². The van der Waals surface area contributed by atoms with Crippen LogP contribution in [-0.4, -0.2) is 4.98 Å². The zero-order chi connectivity index (χ0) is 11.7. The van der Waals surface area contributed by atoms with Crippen LogP contribution in [0, 0.1) is 0 Å². The average Bonchev–Trinajstić information content (AvgIpc) is 2.97. The second-order valence-corrected chi connectivity index (χ2v) is 4.65. The van der Waals surface area contributed by atoms with Crippen LogP contribution in [0.3, 0.4) is 0 Å². The first kappa shape index (κ1) is 10.4. The SMILES string of the molecule is CCCC1C(c2ccc[nH]2)=Cc2ccccc21. The van der Waals surface area contributed by atoms with E-state index < -0.39 is 0 Å². The molecule has 1 N–H and O–H groups in total. The van der Waals surface area contributed by atoms with Gasteiger partial charge >= 0.3 is 0 Å². The van der Waals surface area contributed by atoms with Crippen LogP contribution in [0.1, 0.15) is 42.5 Å². The van der Waals surface area contributed by atoms with Gasteiger partial charge in [-0.2, -0.15) is 0 Å². The molecular weight excluding hydrogens is 206 g/mol. The lowest BCUT2D eigenvalue weighted by atomic mass is 9.90. The molecule has 0 amide bonds. The zero-order valence-electron chi connectivity index (χ0n) is 10.1. The van der Waals surface area contributed by atoms with Gasteiger partial charge in [0.25, 0.3) is 0 Å². The predicted molar refractivity (Wildman–Crippen MR) is 72.8 cm³/mol. The van der Waals surface area contributed by atoms with Crippen LogP contribution < -0.4 is 0 Å². The Morgan fingerprint density at radius 2 is 2.00 bits per heavy atom. The van der Waals surface area contributed by atoms with Crippen molar-refractivity contribution in [3.05, 3.63) is 59.4 Å². The predicted octanol–water partition coefficient (Wildman–Crippen LogP) is 4.45. The first-order valence-corrected chi connectivity index (χ1v) is 6.34. The van der Waals surface area contributed by atoms with E-state index in [2.05, 4.69) is 54.4 Å². The van der Waals surface area contributed by atoms with E-state index in [4.69, 9.17) is 0 Å². The van der Waals surface area contributed by atoms with Gasteiger partial charge in [0.05, 0.1) is 0 Å². The summed E-state index contributed by atoms with van der Waals surface area (Å²) in [6.07, 6.45) is 6.78. The number of H-pyrrole nitrogens is 1. The maximum Gasteiger partial charge on any atom is 0.0419 e. The van der Waals surface area contributed by atoms with E-state index in [0.717, 1.165) is 0 Å². The molecule has 86 valence electrons. The van der Waals surface area contributed by atoms with Crippen LogP contribution in [0.5, 0.6) is 0 Å². The van der Waals surface area contributed by atoms with Crippen molar-refractivity contribution in [1.82, 2.24) is 4.98 Å². The fourth-order valence-electron chi connectivity index (χ4n) is 2.77. The van der Waals surface area contributed by atoms with Crippen molar-refractivity contribution in [2.45, 2.75) is 25.7 Å². The molecule has 1 unspecified atom stereocenters. The molecule has 1 heterocycles. The largest absolute Gasteiger partial charge is 0.361 e. The number of hydrogen-bond donors (Lipinski definition) is 1. The minimum absolute atomic E-state index is 0.565.